The summed E-state index contributed by atoms with van der Waals surface area (Å²) in [6, 6.07) is 8.41. The third-order valence-electron chi connectivity index (χ3n) is 3.43. The van der Waals surface area contributed by atoms with Gasteiger partial charge in [0.1, 0.15) is 0 Å². The molecule has 1 aromatic carbocycles. The number of carbonyl (C=O) groups excluding carboxylic acids is 1. The molecule has 0 saturated heterocycles. The molecule has 0 aromatic heterocycles. The minimum absolute atomic E-state index is 0.0270. The number of carbonyl (C=O) groups is 1. The summed E-state index contributed by atoms with van der Waals surface area (Å²) in [6.07, 6.45) is 1.21. The summed E-state index contributed by atoms with van der Waals surface area (Å²) in [5.74, 6) is 0.589. The third kappa shape index (κ3) is 5.03. The number of nitrogens with two attached hydrogens (primary N) is 1. The van der Waals surface area contributed by atoms with E-state index in [1.165, 1.54) is 12.7 Å². The maximum atomic E-state index is 11.2. The summed E-state index contributed by atoms with van der Waals surface area (Å²) in [5.41, 5.74) is 8.63. The fourth-order valence-electron chi connectivity index (χ4n) is 2.15. The van der Waals surface area contributed by atoms with Gasteiger partial charge in [-0.2, -0.15) is 0 Å². The summed E-state index contributed by atoms with van der Waals surface area (Å²) >= 11 is 0. The molecular formula is C16H25NO2. The molecule has 106 valence electrons. The highest BCUT2D eigenvalue weighted by Gasteiger charge is 2.15. The van der Waals surface area contributed by atoms with Crippen LogP contribution in [0.3, 0.4) is 0 Å². The van der Waals surface area contributed by atoms with Crippen LogP contribution in [-0.2, 0) is 9.53 Å². The molecule has 0 radical (unpaired) electrons. The Morgan fingerprint density at radius 2 is 1.68 bits per heavy atom. The molecule has 0 amide bonds. The third-order valence-corrected chi connectivity index (χ3v) is 3.43. The maximum Gasteiger partial charge on any atom is 0.305 e. The summed E-state index contributed by atoms with van der Waals surface area (Å²) in [5, 5.41) is 0. The van der Waals surface area contributed by atoms with E-state index in [-0.39, 0.29) is 17.9 Å². The van der Waals surface area contributed by atoms with E-state index in [1.807, 2.05) is 6.92 Å². The molecule has 2 atom stereocenters. The highest BCUT2D eigenvalue weighted by molar-refractivity contribution is 5.69. The fraction of sp³-hybridized carbons (Fsp3) is 0.562. The molecule has 3 nitrogen and oxygen atoms in total. The van der Waals surface area contributed by atoms with Crippen LogP contribution in [0.1, 0.15) is 56.7 Å². The van der Waals surface area contributed by atoms with Crippen molar-refractivity contribution >= 4 is 5.97 Å². The molecule has 0 aliphatic carbocycles. The molecule has 0 aliphatic heterocycles. The summed E-state index contributed by atoms with van der Waals surface area (Å²) in [7, 11) is 1.42. The van der Waals surface area contributed by atoms with E-state index in [4.69, 9.17) is 5.73 Å². The van der Waals surface area contributed by atoms with Crippen LogP contribution in [0.15, 0.2) is 24.3 Å². The first-order valence-corrected chi connectivity index (χ1v) is 6.86. The molecule has 2 N–H and O–H groups in total. The smallest absolute Gasteiger partial charge is 0.305 e. The highest BCUT2D eigenvalue weighted by atomic mass is 16.5. The van der Waals surface area contributed by atoms with Crippen LogP contribution >= 0.6 is 0 Å². The predicted molar refractivity (Wildman–Crippen MR) is 77.9 cm³/mol. The van der Waals surface area contributed by atoms with Gasteiger partial charge in [-0.15, -0.1) is 0 Å². The van der Waals surface area contributed by atoms with E-state index < -0.39 is 0 Å². The summed E-state index contributed by atoms with van der Waals surface area (Å²) in [4.78, 5) is 11.2. The van der Waals surface area contributed by atoms with Gasteiger partial charge in [-0.1, -0.05) is 45.0 Å². The van der Waals surface area contributed by atoms with E-state index in [9.17, 15) is 4.79 Å². The van der Waals surface area contributed by atoms with Gasteiger partial charge in [-0.3, -0.25) is 4.79 Å². The predicted octanol–water partition coefficient (Wildman–Crippen LogP) is 3.40. The van der Waals surface area contributed by atoms with Crippen molar-refractivity contribution in [1.82, 2.24) is 0 Å². The Bertz CT molecular complexity index is 398. The lowest BCUT2D eigenvalue weighted by molar-refractivity contribution is -0.141. The van der Waals surface area contributed by atoms with Crippen molar-refractivity contribution in [3.8, 4) is 0 Å². The standard InChI is InChI=1S/C16H25NO2/c1-11(2)13-5-7-14(8-6-13)15(17)9-12(3)10-16(18)19-4/h5-8,11-12,15H,9-10,17H2,1-4H3. The van der Waals surface area contributed by atoms with Gasteiger partial charge in [-0.05, 0) is 29.4 Å². The number of esters is 1. The molecule has 1 rings (SSSR count). The van der Waals surface area contributed by atoms with Crippen molar-refractivity contribution in [3.05, 3.63) is 35.4 Å². The second-order valence-corrected chi connectivity index (χ2v) is 5.55. The van der Waals surface area contributed by atoms with Gasteiger partial charge in [0, 0.05) is 12.5 Å². The first-order chi connectivity index (χ1) is 8.93. The number of hydrogen-bond donors (Lipinski definition) is 1. The van der Waals surface area contributed by atoms with Gasteiger partial charge in [0.05, 0.1) is 7.11 Å². The Hall–Kier alpha value is -1.35. The van der Waals surface area contributed by atoms with Crippen molar-refractivity contribution in [2.45, 2.75) is 45.6 Å². The molecule has 2 unspecified atom stereocenters. The molecule has 0 saturated carbocycles. The van der Waals surface area contributed by atoms with E-state index in [2.05, 4.69) is 42.8 Å². The normalized spacial score (nSPS) is 14.2. The van der Waals surface area contributed by atoms with E-state index >= 15 is 0 Å². The Balaban J connectivity index is 2.57. The lowest BCUT2D eigenvalue weighted by Crippen LogP contribution is -2.16. The van der Waals surface area contributed by atoms with Crippen LogP contribution < -0.4 is 5.73 Å². The van der Waals surface area contributed by atoms with Crippen LogP contribution in [0, 0.1) is 5.92 Å². The molecule has 0 aliphatic rings. The Kier molecular flexibility index (Phi) is 6.03. The molecule has 0 fully saturated rings. The zero-order valence-electron chi connectivity index (χ0n) is 12.3. The average Bonchev–Trinajstić information content (AvgIpc) is 2.38. The summed E-state index contributed by atoms with van der Waals surface area (Å²) < 4.78 is 4.67. The Morgan fingerprint density at radius 3 is 2.16 bits per heavy atom. The molecule has 1 aromatic rings. The second kappa shape index (κ2) is 7.29. The molecule has 19 heavy (non-hydrogen) atoms. The zero-order chi connectivity index (χ0) is 14.4. The second-order valence-electron chi connectivity index (χ2n) is 5.55. The quantitative estimate of drug-likeness (QED) is 0.800. The molecule has 0 heterocycles. The monoisotopic (exact) mass is 263 g/mol. The number of rotatable bonds is 6. The van der Waals surface area contributed by atoms with E-state index in [0.717, 1.165) is 12.0 Å². The lowest BCUT2D eigenvalue weighted by atomic mass is 9.93. The van der Waals surface area contributed by atoms with E-state index in [0.29, 0.717) is 12.3 Å². The highest BCUT2D eigenvalue weighted by Crippen LogP contribution is 2.23. The van der Waals surface area contributed by atoms with Gasteiger partial charge in [0.25, 0.3) is 0 Å². The van der Waals surface area contributed by atoms with Gasteiger partial charge < -0.3 is 10.5 Å². The molecule has 0 spiro atoms. The average molecular weight is 263 g/mol. The zero-order valence-corrected chi connectivity index (χ0v) is 12.3. The number of hydrogen-bond acceptors (Lipinski definition) is 3. The molecule has 0 bridgehead atoms. The van der Waals surface area contributed by atoms with Crippen molar-refractivity contribution in [3.63, 3.8) is 0 Å². The first kappa shape index (κ1) is 15.7. The maximum absolute atomic E-state index is 11.2. The lowest BCUT2D eigenvalue weighted by Gasteiger charge is -2.17. The van der Waals surface area contributed by atoms with E-state index in [1.54, 1.807) is 0 Å². The largest absolute Gasteiger partial charge is 0.469 e. The number of benzene rings is 1. The SMILES string of the molecule is COC(=O)CC(C)CC(N)c1ccc(C(C)C)cc1. The molecule has 3 heteroatoms. The van der Waals surface area contributed by atoms with Gasteiger partial charge in [0.2, 0.25) is 0 Å². The van der Waals surface area contributed by atoms with Crippen molar-refractivity contribution in [2.24, 2.45) is 11.7 Å². The van der Waals surface area contributed by atoms with Crippen LogP contribution in [-0.4, -0.2) is 13.1 Å². The van der Waals surface area contributed by atoms with Gasteiger partial charge >= 0.3 is 5.97 Å². The Morgan fingerprint density at radius 1 is 1.16 bits per heavy atom. The first-order valence-electron chi connectivity index (χ1n) is 6.86. The number of ether oxygens (including phenoxy) is 1. The van der Waals surface area contributed by atoms with Crippen LogP contribution in [0.5, 0.6) is 0 Å². The van der Waals surface area contributed by atoms with Crippen molar-refractivity contribution in [1.29, 1.82) is 0 Å². The van der Waals surface area contributed by atoms with Crippen molar-refractivity contribution < 1.29 is 9.53 Å². The topological polar surface area (TPSA) is 52.3 Å². The van der Waals surface area contributed by atoms with Gasteiger partial charge in [-0.25, -0.2) is 0 Å². The van der Waals surface area contributed by atoms with Crippen LogP contribution in [0.2, 0.25) is 0 Å². The Labute approximate surface area is 116 Å². The van der Waals surface area contributed by atoms with Crippen molar-refractivity contribution in [2.75, 3.05) is 7.11 Å². The summed E-state index contributed by atoms with van der Waals surface area (Å²) in [6.45, 7) is 6.38. The molecular weight excluding hydrogens is 238 g/mol. The van der Waals surface area contributed by atoms with Crippen LogP contribution in [0.25, 0.3) is 0 Å². The van der Waals surface area contributed by atoms with Crippen LogP contribution in [0.4, 0.5) is 0 Å². The van der Waals surface area contributed by atoms with Gasteiger partial charge in [0.15, 0.2) is 0 Å². The number of methoxy groups -OCH3 is 1. The minimum Gasteiger partial charge on any atom is -0.469 e. The minimum atomic E-state index is -0.171. The fourth-order valence-corrected chi connectivity index (χ4v) is 2.15.